The molecule has 1 aliphatic heterocycles. The number of nitrogens with zero attached hydrogens (tertiary/aromatic N) is 3. The minimum atomic E-state index is -0.301. The van der Waals surface area contributed by atoms with Gasteiger partial charge in [0.25, 0.3) is 0 Å². The van der Waals surface area contributed by atoms with Gasteiger partial charge in [-0.15, -0.1) is 0 Å². The molecular formula is C17H22FN3O. The van der Waals surface area contributed by atoms with Crippen molar-refractivity contribution in [3.05, 3.63) is 48.3 Å². The van der Waals surface area contributed by atoms with Crippen molar-refractivity contribution in [2.24, 2.45) is 5.92 Å². The van der Waals surface area contributed by atoms with Gasteiger partial charge in [0.1, 0.15) is 12.4 Å². The van der Waals surface area contributed by atoms with Gasteiger partial charge in [-0.05, 0) is 31.5 Å². The van der Waals surface area contributed by atoms with Crippen molar-refractivity contribution >= 4 is 0 Å². The summed E-state index contributed by atoms with van der Waals surface area (Å²) in [6.07, 6.45) is 6.17. The fourth-order valence-electron chi connectivity index (χ4n) is 2.99. The van der Waals surface area contributed by atoms with Crippen molar-refractivity contribution in [3.8, 4) is 5.75 Å². The van der Waals surface area contributed by atoms with Crippen molar-refractivity contribution in [2.45, 2.75) is 19.4 Å². The number of benzene rings is 1. The summed E-state index contributed by atoms with van der Waals surface area (Å²) >= 11 is 0. The first-order chi connectivity index (χ1) is 10.7. The molecule has 1 aromatic heterocycles. The smallest absolute Gasteiger partial charge is 0.165 e. The number of aromatic nitrogens is 2. The number of rotatable bonds is 6. The average molecular weight is 303 g/mol. The summed E-state index contributed by atoms with van der Waals surface area (Å²) in [5.74, 6) is 1.86. The molecule has 118 valence electrons. The summed E-state index contributed by atoms with van der Waals surface area (Å²) in [6.45, 7) is 3.36. The van der Waals surface area contributed by atoms with E-state index >= 15 is 0 Å². The van der Waals surface area contributed by atoms with E-state index < -0.39 is 0 Å². The topological polar surface area (TPSA) is 30.3 Å². The van der Waals surface area contributed by atoms with E-state index in [-0.39, 0.29) is 5.82 Å². The quantitative estimate of drug-likeness (QED) is 0.822. The number of hydrogen-bond donors (Lipinski definition) is 0. The van der Waals surface area contributed by atoms with E-state index in [0.29, 0.717) is 18.3 Å². The molecule has 0 N–H and O–H groups in total. The van der Waals surface area contributed by atoms with Gasteiger partial charge in [0.15, 0.2) is 11.6 Å². The lowest BCUT2D eigenvalue weighted by Crippen LogP contribution is -2.33. The van der Waals surface area contributed by atoms with Crippen LogP contribution in [0.3, 0.4) is 0 Å². The SMILES string of the molecule is CN(CCOc1ccccc1F)C[C@@H]1CCc2nccn2C1. The fraction of sp³-hybridized carbons (Fsp3) is 0.471. The lowest BCUT2D eigenvalue weighted by molar-refractivity contribution is 0.193. The number of ether oxygens (including phenoxy) is 1. The molecule has 1 aliphatic rings. The Hall–Kier alpha value is -1.88. The van der Waals surface area contributed by atoms with Crippen LogP contribution >= 0.6 is 0 Å². The van der Waals surface area contributed by atoms with Crippen molar-refractivity contribution in [2.75, 3.05) is 26.7 Å². The fourth-order valence-corrected chi connectivity index (χ4v) is 2.99. The van der Waals surface area contributed by atoms with E-state index in [1.54, 1.807) is 18.2 Å². The minimum Gasteiger partial charge on any atom is -0.489 e. The van der Waals surface area contributed by atoms with E-state index in [0.717, 1.165) is 26.1 Å². The van der Waals surface area contributed by atoms with Crippen LogP contribution in [0, 0.1) is 11.7 Å². The van der Waals surface area contributed by atoms with Crippen molar-refractivity contribution < 1.29 is 9.13 Å². The predicted molar refractivity (Wildman–Crippen MR) is 83.4 cm³/mol. The molecule has 0 unspecified atom stereocenters. The molecule has 0 saturated carbocycles. The van der Waals surface area contributed by atoms with Gasteiger partial charge >= 0.3 is 0 Å². The van der Waals surface area contributed by atoms with Crippen molar-refractivity contribution in [1.29, 1.82) is 0 Å². The van der Waals surface area contributed by atoms with Gasteiger partial charge in [-0.2, -0.15) is 0 Å². The normalized spacial score (nSPS) is 17.5. The first-order valence-corrected chi connectivity index (χ1v) is 7.78. The number of imidazole rings is 1. The Balaban J connectivity index is 1.42. The molecule has 5 heteroatoms. The monoisotopic (exact) mass is 303 g/mol. The van der Waals surface area contributed by atoms with Gasteiger partial charge in [0.2, 0.25) is 0 Å². The van der Waals surface area contributed by atoms with Crippen molar-refractivity contribution in [3.63, 3.8) is 0 Å². The van der Waals surface area contributed by atoms with Crippen LogP contribution in [0.2, 0.25) is 0 Å². The van der Waals surface area contributed by atoms with Crippen LogP contribution < -0.4 is 4.74 Å². The van der Waals surface area contributed by atoms with E-state index in [2.05, 4.69) is 27.7 Å². The van der Waals surface area contributed by atoms with E-state index in [4.69, 9.17) is 4.74 Å². The van der Waals surface area contributed by atoms with Gasteiger partial charge in [0, 0.05) is 38.4 Å². The van der Waals surface area contributed by atoms with Gasteiger partial charge in [-0.1, -0.05) is 12.1 Å². The zero-order valence-corrected chi connectivity index (χ0v) is 12.9. The third kappa shape index (κ3) is 3.65. The Morgan fingerprint density at radius 1 is 1.41 bits per heavy atom. The number of aryl methyl sites for hydroxylation is 1. The molecule has 0 fully saturated rings. The molecule has 0 spiro atoms. The molecule has 0 aliphatic carbocycles. The van der Waals surface area contributed by atoms with Crippen LogP contribution in [0.1, 0.15) is 12.2 Å². The molecule has 22 heavy (non-hydrogen) atoms. The second kappa shape index (κ2) is 6.92. The summed E-state index contributed by atoms with van der Waals surface area (Å²) in [5.41, 5.74) is 0. The van der Waals surface area contributed by atoms with Crippen LogP contribution in [0.15, 0.2) is 36.7 Å². The maximum Gasteiger partial charge on any atom is 0.165 e. The Bertz CT molecular complexity index is 613. The number of likely N-dealkylation sites (N-methyl/N-ethyl adjacent to an activating group) is 1. The summed E-state index contributed by atoms with van der Waals surface area (Å²) in [7, 11) is 2.09. The van der Waals surface area contributed by atoms with Crippen LogP contribution in [0.25, 0.3) is 0 Å². The lowest BCUT2D eigenvalue weighted by atomic mass is 9.99. The molecule has 1 aromatic carbocycles. The zero-order valence-electron chi connectivity index (χ0n) is 12.9. The first-order valence-electron chi connectivity index (χ1n) is 7.78. The van der Waals surface area contributed by atoms with E-state index in [1.807, 2.05) is 6.20 Å². The molecule has 0 bridgehead atoms. The average Bonchev–Trinajstić information content (AvgIpc) is 2.97. The van der Waals surface area contributed by atoms with Gasteiger partial charge in [-0.25, -0.2) is 9.37 Å². The van der Waals surface area contributed by atoms with Crippen LogP contribution in [0.4, 0.5) is 4.39 Å². The highest BCUT2D eigenvalue weighted by molar-refractivity contribution is 5.23. The highest BCUT2D eigenvalue weighted by atomic mass is 19.1. The molecule has 4 nitrogen and oxygen atoms in total. The maximum absolute atomic E-state index is 13.4. The largest absolute Gasteiger partial charge is 0.489 e. The number of fused-ring (bicyclic) bond motifs is 1. The third-order valence-electron chi connectivity index (χ3n) is 4.17. The Labute approximate surface area is 130 Å². The molecule has 0 radical (unpaired) electrons. The van der Waals surface area contributed by atoms with Gasteiger partial charge < -0.3 is 14.2 Å². The zero-order chi connectivity index (χ0) is 15.4. The summed E-state index contributed by atoms with van der Waals surface area (Å²) in [6, 6.07) is 6.54. The molecule has 0 saturated heterocycles. The molecular weight excluding hydrogens is 281 g/mol. The first kappa shape index (κ1) is 15.0. The summed E-state index contributed by atoms with van der Waals surface area (Å²) in [4.78, 5) is 6.61. The second-order valence-electron chi connectivity index (χ2n) is 5.94. The Kier molecular flexibility index (Phi) is 4.73. The summed E-state index contributed by atoms with van der Waals surface area (Å²) < 4.78 is 21.2. The van der Waals surface area contributed by atoms with E-state index in [9.17, 15) is 4.39 Å². The molecule has 2 heterocycles. The van der Waals surface area contributed by atoms with Crippen molar-refractivity contribution in [1.82, 2.24) is 14.5 Å². The van der Waals surface area contributed by atoms with Crippen LogP contribution in [-0.2, 0) is 13.0 Å². The number of hydrogen-bond acceptors (Lipinski definition) is 3. The van der Waals surface area contributed by atoms with Crippen LogP contribution in [0.5, 0.6) is 5.75 Å². The summed E-state index contributed by atoms with van der Waals surface area (Å²) in [5, 5.41) is 0. The Morgan fingerprint density at radius 3 is 3.14 bits per heavy atom. The number of halogens is 1. The third-order valence-corrected chi connectivity index (χ3v) is 4.17. The lowest BCUT2D eigenvalue weighted by Gasteiger charge is -2.28. The molecule has 2 aromatic rings. The maximum atomic E-state index is 13.4. The van der Waals surface area contributed by atoms with Crippen LogP contribution in [-0.4, -0.2) is 41.2 Å². The minimum absolute atomic E-state index is 0.301. The highest BCUT2D eigenvalue weighted by Gasteiger charge is 2.19. The second-order valence-corrected chi connectivity index (χ2v) is 5.94. The van der Waals surface area contributed by atoms with Gasteiger partial charge in [-0.3, -0.25) is 0 Å². The molecule has 0 amide bonds. The standard InChI is InChI=1S/C17H22FN3O/c1-20(10-11-22-16-5-3-2-4-15(16)18)12-14-6-7-17-19-8-9-21(17)13-14/h2-5,8-9,14H,6-7,10-13H2,1H3/t14-/m0/s1. The highest BCUT2D eigenvalue weighted by Crippen LogP contribution is 2.19. The van der Waals surface area contributed by atoms with Gasteiger partial charge in [0.05, 0.1) is 0 Å². The molecule has 1 atom stereocenters. The predicted octanol–water partition coefficient (Wildman–Crippen LogP) is 2.60. The molecule has 3 rings (SSSR count). The number of para-hydroxylation sites is 1. The van der Waals surface area contributed by atoms with E-state index in [1.165, 1.54) is 18.3 Å². The Morgan fingerprint density at radius 2 is 2.27 bits per heavy atom.